The summed E-state index contributed by atoms with van der Waals surface area (Å²) in [4.78, 5) is 12.1. The van der Waals surface area contributed by atoms with E-state index in [1.807, 2.05) is 11.3 Å². The van der Waals surface area contributed by atoms with Crippen LogP contribution in [0.5, 0.6) is 0 Å². The number of rotatable bonds is 1. The van der Waals surface area contributed by atoms with Crippen molar-refractivity contribution in [2.45, 2.75) is 13.0 Å². The second-order valence-electron chi connectivity index (χ2n) is 3.74. The summed E-state index contributed by atoms with van der Waals surface area (Å²) in [6.07, 6.45) is 4.41. The summed E-state index contributed by atoms with van der Waals surface area (Å²) in [5.74, 6) is 0.865. The van der Waals surface area contributed by atoms with Crippen LogP contribution in [0.4, 0.5) is 5.82 Å². The number of hydrogen-bond donors (Lipinski definition) is 0. The maximum atomic E-state index is 5.84. The molecule has 2 aromatic heterocycles. The standard InChI is InChI=1S/C11H10ClN3S/c12-10-5-13-6-11(14-10)15-3-1-9-8(7-15)2-4-16-9/h2,4-6H,1,3,7H2. The maximum Gasteiger partial charge on any atom is 0.149 e. The van der Waals surface area contributed by atoms with Crippen molar-refractivity contribution in [3.8, 4) is 0 Å². The van der Waals surface area contributed by atoms with Crippen molar-refractivity contribution in [3.63, 3.8) is 0 Å². The van der Waals surface area contributed by atoms with Gasteiger partial charge in [-0.1, -0.05) is 11.6 Å². The molecule has 1 aliphatic heterocycles. The lowest BCUT2D eigenvalue weighted by molar-refractivity contribution is 0.729. The highest BCUT2D eigenvalue weighted by Crippen LogP contribution is 2.26. The van der Waals surface area contributed by atoms with Gasteiger partial charge in [0.1, 0.15) is 11.0 Å². The van der Waals surface area contributed by atoms with Crippen LogP contribution in [-0.4, -0.2) is 16.5 Å². The Balaban J connectivity index is 1.88. The fourth-order valence-corrected chi connectivity index (χ4v) is 2.96. The molecule has 0 spiro atoms. The molecule has 0 unspecified atom stereocenters. The fraction of sp³-hybridized carbons (Fsp3) is 0.273. The van der Waals surface area contributed by atoms with Crippen molar-refractivity contribution in [2.24, 2.45) is 0 Å². The summed E-state index contributed by atoms with van der Waals surface area (Å²) in [6, 6.07) is 2.18. The molecule has 0 fully saturated rings. The monoisotopic (exact) mass is 251 g/mol. The van der Waals surface area contributed by atoms with Gasteiger partial charge in [0, 0.05) is 18.0 Å². The van der Waals surface area contributed by atoms with Crippen molar-refractivity contribution >= 4 is 28.8 Å². The Kier molecular flexibility index (Phi) is 2.53. The molecule has 3 nitrogen and oxygen atoms in total. The molecule has 5 heteroatoms. The van der Waals surface area contributed by atoms with Gasteiger partial charge in [0.15, 0.2) is 0 Å². The molecule has 0 radical (unpaired) electrons. The summed E-state index contributed by atoms with van der Waals surface area (Å²) < 4.78 is 0. The van der Waals surface area contributed by atoms with Crippen molar-refractivity contribution in [1.82, 2.24) is 9.97 Å². The van der Waals surface area contributed by atoms with Gasteiger partial charge in [-0.2, -0.15) is 0 Å². The lowest BCUT2D eigenvalue weighted by Crippen LogP contribution is -2.30. The van der Waals surface area contributed by atoms with Gasteiger partial charge in [-0.25, -0.2) is 4.98 Å². The predicted octanol–water partition coefficient (Wildman–Crippen LogP) is 2.75. The van der Waals surface area contributed by atoms with Crippen molar-refractivity contribution in [3.05, 3.63) is 39.4 Å². The Morgan fingerprint density at radius 1 is 1.38 bits per heavy atom. The predicted molar refractivity (Wildman–Crippen MR) is 66.1 cm³/mol. The van der Waals surface area contributed by atoms with E-state index in [1.54, 1.807) is 12.4 Å². The third-order valence-electron chi connectivity index (χ3n) is 2.72. The van der Waals surface area contributed by atoms with Crippen LogP contribution < -0.4 is 4.90 Å². The molecule has 0 saturated carbocycles. The Hall–Kier alpha value is -1.13. The minimum absolute atomic E-state index is 0.452. The van der Waals surface area contributed by atoms with Crippen LogP contribution in [0.15, 0.2) is 23.8 Å². The molecule has 3 rings (SSSR count). The molecule has 16 heavy (non-hydrogen) atoms. The average Bonchev–Trinajstić information content (AvgIpc) is 2.75. The summed E-state index contributed by atoms with van der Waals surface area (Å²) in [5, 5.41) is 2.60. The van der Waals surface area contributed by atoms with Gasteiger partial charge in [-0.3, -0.25) is 4.98 Å². The van der Waals surface area contributed by atoms with E-state index in [0.29, 0.717) is 5.15 Å². The quantitative estimate of drug-likeness (QED) is 0.781. The minimum atomic E-state index is 0.452. The van der Waals surface area contributed by atoms with Crippen LogP contribution in [-0.2, 0) is 13.0 Å². The molecule has 0 aromatic carbocycles. The van der Waals surface area contributed by atoms with Gasteiger partial charge in [-0.15, -0.1) is 11.3 Å². The first-order chi connectivity index (χ1) is 7.83. The highest BCUT2D eigenvalue weighted by Gasteiger charge is 2.18. The number of thiophene rings is 1. The Labute approximate surface area is 103 Å². The first kappa shape index (κ1) is 10.1. The number of aromatic nitrogens is 2. The first-order valence-electron chi connectivity index (χ1n) is 5.10. The van der Waals surface area contributed by atoms with E-state index in [-0.39, 0.29) is 0 Å². The van der Waals surface area contributed by atoms with Crippen molar-refractivity contribution < 1.29 is 0 Å². The van der Waals surface area contributed by atoms with Crippen LogP contribution in [0.25, 0.3) is 0 Å². The molecule has 82 valence electrons. The molecule has 1 aliphatic rings. The van der Waals surface area contributed by atoms with E-state index in [0.717, 1.165) is 25.3 Å². The largest absolute Gasteiger partial charge is 0.351 e. The van der Waals surface area contributed by atoms with E-state index in [4.69, 9.17) is 11.6 Å². The third kappa shape index (κ3) is 1.79. The average molecular weight is 252 g/mol. The first-order valence-corrected chi connectivity index (χ1v) is 6.36. The van der Waals surface area contributed by atoms with Gasteiger partial charge in [0.05, 0.1) is 12.4 Å². The normalized spacial score (nSPS) is 14.9. The zero-order chi connectivity index (χ0) is 11.0. The third-order valence-corrected chi connectivity index (χ3v) is 3.93. The highest BCUT2D eigenvalue weighted by atomic mass is 35.5. The number of hydrogen-bond acceptors (Lipinski definition) is 4. The Morgan fingerprint density at radius 3 is 3.19 bits per heavy atom. The number of nitrogens with zero attached hydrogens (tertiary/aromatic N) is 3. The van der Waals surface area contributed by atoms with Gasteiger partial charge in [0.2, 0.25) is 0 Å². The van der Waals surface area contributed by atoms with Crippen molar-refractivity contribution in [2.75, 3.05) is 11.4 Å². The molecular weight excluding hydrogens is 242 g/mol. The van der Waals surface area contributed by atoms with Crippen LogP contribution >= 0.6 is 22.9 Å². The molecule has 0 bridgehead atoms. The number of fused-ring (bicyclic) bond motifs is 1. The SMILES string of the molecule is Clc1cncc(N2CCc3sccc3C2)n1. The van der Waals surface area contributed by atoms with E-state index in [2.05, 4.69) is 26.3 Å². The molecule has 0 aliphatic carbocycles. The summed E-state index contributed by atoms with van der Waals surface area (Å²) in [5.41, 5.74) is 1.40. The molecule has 2 aromatic rings. The van der Waals surface area contributed by atoms with Crippen LogP contribution in [0.2, 0.25) is 5.15 Å². The van der Waals surface area contributed by atoms with E-state index >= 15 is 0 Å². The van der Waals surface area contributed by atoms with Gasteiger partial charge in [-0.05, 0) is 23.4 Å². The zero-order valence-electron chi connectivity index (χ0n) is 8.56. The molecule has 0 saturated heterocycles. The van der Waals surface area contributed by atoms with Gasteiger partial charge < -0.3 is 4.90 Å². The van der Waals surface area contributed by atoms with E-state index in [9.17, 15) is 0 Å². The number of anilines is 1. The minimum Gasteiger partial charge on any atom is -0.351 e. The summed E-state index contributed by atoms with van der Waals surface area (Å²) in [6.45, 7) is 1.90. The molecular formula is C11H10ClN3S. The molecule has 0 N–H and O–H groups in total. The summed E-state index contributed by atoms with van der Waals surface area (Å²) in [7, 11) is 0. The second-order valence-corrected chi connectivity index (χ2v) is 5.13. The topological polar surface area (TPSA) is 29.0 Å². The van der Waals surface area contributed by atoms with Crippen LogP contribution in [0, 0.1) is 0 Å². The van der Waals surface area contributed by atoms with Crippen LogP contribution in [0.3, 0.4) is 0 Å². The van der Waals surface area contributed by atoms with Crippen LogP contribution in [0.1, 0.15) is 10.4 Å². The lowest BCUT2D eigenvalue weighted by atomic mass is 10.1. The summed E-state index contributed by atoms with van der Waals surface area (Å²) >= 11 is 7.68. The van der Waals surface area contributed by atoms with Crippen molar-refractivity contribution in [1.29, 1.82) is 0 Å². The fourth-order valence-electron chi connectivity index (χ4n) is 1.93. The lowest BCUT2D eigenvalue weighted by Gasteiger charge is -2.27. The second kappa shape index (κ2) is 4.03. The Bertz CT molecular complexity index is 511. The maximum absolute atomic E-state index is 5.84. The van der Waals surface area contributed by atoms with Gasteiger partial charge in [0.25, 0.3) is 0 Å². The molecule has 0 atom stereocenters. The number of halogens is 1. The van der Waals surface area contributed by atoms with Gasteiger partial charge >= 0.3 is 0 Å². The zero-order valence-corrected chi connectivity index (χ0v) is 10.1. The smallest absolute Gasteiger partial charge is 0.149 e. The Morgan fingerprint density at radius 2 is 2.31 bits per heavy atom. The van der Waals surface area contributed by atoms with E-state index in [1.165, 1.54) is 10.4 Å². The molecule has 3 heterocycles. The highest BCUT2D eigenvalue weighted by molar-refractivity contribution is 7.10. The molecule has 0 amide bonds. The van der Waals surface area contributed by atoms with E-state index < -0.39 is 0 Å².